The summed E-state index contributed by atoms with van der Waals surface area (Å²) in [7, 11) is 0. The Bertz CT molecular complexity index is 279. The Balaban J connectivity index is 2.68. The summed E-state index contributed by atoms with van der Waals surface area (Å²) < 4.78 is 0. The molecule has 0 heterocycles. The van der Waals surface area contributed by atoms with Gasteiger partial charge in [-0.05, 0) is 26.0 Å². The number of nitrogens with zero attached hydrogens (tertiary/aromatic N) is 1. The van der Waals surface area contributed by atoms with E-state index in [1.165, 1.54) is 11.3 Å². The molecule has 0 fully saturated rings. The lowest BCUT2D eigenvalue weighted by Crippen LogP contribution is -2.23. The van der Waals surface area contributed by atoms with Crippen LogP contribution < -0.4 is 4.90 Å². The molecule has 0 amide bonds. The summed E-state index contributed by atoms with van der Waals surface area (Å²) >= 11 is 0. The molecular formula is C12H17NO. The number of hydrogen-bond acceptors (Lipinski definition) is 2. The van der Waals surface area contributed by atoms with E-state index in [1.54, 1.807) is 0 Å². The molecule has 1 aromatic rings. The maximum Gasteiger partial charge on any atom is 0.121 e. The van der Waals surface area contributed by atoms with Crippen molar-refractivity contribution in [3.05, 3.63) is 29.8 Å². The van der Waals surface area contributed by atoms with E-state index in [0.717, 1.165) is 19.4 Å². The van der Waals surface area contributed by atoms with Crippen LogP contribution in [0.2, 0.25) is 0 Å². The molecule has 0 aromatic heterocycles. The van der Waals surface area contributed by atoms with Crippen LogP contribution in [0.25, 0.3) is 0 Å². The molecule has 0 aliphatic heterocycles. The SMILES string of the molecule is CCN(CCC=O)c1ccc(C)cc1. The van der Waals surface area contributed by atoms with Crippen molar-refractivity contribution in [3.8, 4) is 0 Å². The lowest BCUT2D eigenvalue weighted by atomic mass is 10.2. The second-order valence-electron chi connectivity index (χ2n) is 3.37. The average Bonchev–Trinajstić information content (AvgIpc) is 2.21. The predicted octanol–water partition coefficient (Wildman–Crippen LogP) is 2.41. The molecule has 1 aromatic carbocycles. The third-order valence-electron chi connectivity index (χ3n) is 2.30. The van der Waals surface area contributed by atoms with Crippen molar-refractivity contribution in [3.63, 3.8) is 0 Å². The minimum atomic E-state index is 0.599. The molecule has 2 heteroatoms. The first-order chi connectivity index (χ1) is 6.77. The van der Waals surface area contributed by atoms with Crippen LogP contribution in [0.1, 0.15) is 18.9 Å². The van der Waals surface area contributed by atoms with Crippen LogP contribution in [0.4, 0.5) is 5.69 Å². The van der Waals surface area contributed by atoms with Gasteiger partial charge in [0, 0.05) is 25.2 Å². The number of aldehydes is 1. The van der Waals surface area contributed by atoms with Crippen molar-refractivity contribution in [2.75, 3.05) is 18.0 Å². The van der Waals surface area contributed by atoms with E-state index in [2.05, 4.69) is 43.0 Å². The van der Waals surface area contributed by atoms with E-state index in [0.29, 0.717) is 6.42 Å². The third-order valence-corrected chi connectivity index (χ3v) is 2.30. The lowest BCUT2D eigenvalue weighted by Gasteiger charge is -2.22. The zero-order valence-electron chi connectivity index (χ0n) is 8.86. The highest BCUT2D eigenvalue weighted by atomic mass is 16.1. The van der Waals surface area contributed by atoms with Crippen molar-refractivity contribution in [2.45, 2.75) is 20.3 Å². The van der Waals surface area contributed by atoms with E-state index in [-0.39, 0.29) is 0 Å². The van der Waals surface area contributed by atoms with Gasteiger partial charge in [-0.1, -0.05) is 17.7 Å². The summed E-state index contributed by atoms with van der Waals surface area (Å²) in [6.45, 7) is 5.93. The van der Waals surface area contributed by atoms with Crippen LogP contribution in [0.3, 0.4) is 0 Å². The Kier molecular flexibility index (Phi) is 4.17. The summed E-state index contributed by atoms with van der Waals surface area (Å²) in [6, 6.07) is 8.39. The van der Waals surface area contributed by atoms with Gasteiger partial charge in [0.25, 0.3) is 0 Å². The van der Waals surface area contributed by atoms with Crippen LogP contribution >= 0.6 is 0 Å². The van der Waals surface area contributed by atoms with Gasteiger partial charge in [0.05, 0.1) is 0 Å². The normalized spacial score (nSPS) is 9.86. The van der Waals surface area contributed by atoms with Gasteiger partial charge >= 0.3 is 0 Å². The maximum absolute atomic E-state index is 10.3. The predicted molar refractivity (Wildman–Crippen MR) is 59.7 cm³/mol. The quantitative estimate of drug-likeness (QED) is 0.666. The molecule has 0 spiro atoms. The molecule has 0 N–H and O–H groups in total. The van der Waals surface area contributed by atoms with Gasteiger partial charge in [0.15, 0.2) is 0 Å². The average molecular weight is 191 g/mol. The van der Waals surface area contributed by atoms with E-state index < -0.39 is 0 Å². The van der Waals surface area contributed by atoms with Crippen molar-refractivity contribution >= 4 is 12.0 Å². The first-order valence-corrected chi connectivity index (χ1v) is 5.03. The summed E-state index contributed by atoms with van der Waals surface area (Å²) in [5, 5.41) is 0. The summed E-state index contributed by atoms with van der Waals surface area (Å²) in [5.74, 6) is 0. The molecular weight excluding hydrogens is 174 g/mol. The first-order valence-electron chi connectivity index (χ1n) is 5.03. The fraction of sp³-hybridized carbons (Fsp3) is 0.417. The second kappa shape index (κ2) is 5.43. The topological polar surface area (TPSA) is 20.3 Å². The van der Waals surface area contributed by atoms with E-state index in [1.807, 2.05) is 0 Å². The molecule has 1 rings (SSSR count). The van der Waals surface area contributed by atoms with E-state index in [4.69, 9.17) is 0 Å². The van der Waals surface area contributed by atoms with Crippen molar-refractivity contribution < 1.29 is 4.79 Å². The molecule has 0 aliphatic carbocycles. The number of benzene rings is 1. The zero-order chi connectivity index (χ0) is 10.4. The first kappa shape index (κ1) is 10.8. The van der Waals surface area contributed by atoms with Crippen molar-refractivity contribution in [1.82, 2.24) is 0 Å². The highest BCUT2D eigenvalue weighted by Gasteiger charge is 2.02. The van der Waals surface area contributed by atoms with E-state index >= 15 is 0 Å². The Morgan fingerprint density at radius 1 is 1.29 bits per heavy atom. The molecule has 0 aliphatic rings. The second-order valence-corrected chi connectivity index (χ2v) is 3.37. The number of aryl methyl sites for hydroxylation is 1. The maximum atomic E-state index is 10.3. The highest BCUT2D eigenvalue weighted by molar-refractivity contribution is 5.53. The molecule has 14 heavy (non-hydrogen) atoms. The minimum Gasteiger partial charge on any atom is -0.371 e. The van der Waals surface area contributed by atoms with Gasteiger partial charge in [0.1, 0.15) is 6.29 Å². The van der Waals surface area contributed by atoms with Crippen molar-refractivity contribution in [1.29, 1.82) is 0 Å². The Labute approximate surface area is 85.5 Å². The van der Waals surface area contributed by atoms with Crippen LogP contribution in [0.15, 0.2) is 24.3 Å². The number of anilines is 1. The number of hydrogen-bond donors (Lipinski definition) is 0. The minimum absolute atomic E-state index is 0.599. The van der Waals surface area contributed by atoms with Gasteiger partial charge in [0.2, 0.25) is 0 Å². The molecule has 76 valence electrons. The Morgan fingerprint density at radius 3 is 2.43 bits per heavy atom. The summed E-state index contributed by atoms with van der Waals surface area (Å²) in [5.41, 5.74) is 2.46. The fourth-order valence-electron chi connectivity index (χ4n) is 1.43. The molecule has 2 nitrogen and oxygen atoms in total. The van der Waals surface area contributed by atoms with Gasteiger partial charge < -0.3 is 9.69 Å². The number of rotatable bonds is 5. The third kappa shape index (κ3) is 2.87. The zero-order valence-corrected chi connectivity index (χ0v) is 8.86. The molecule has 0 unspecified atom stereocenters. The molecule has 0 saturated carbocycles. The summed E-state index contributed by atoms with van der Waals surface area (Å²) in [6.07, 6.45) is 1.57. The van der Waals surface area contributed by atoms with Crippen LogP contribution in [-0.4, -0.2) is 19.4 Å². The fourth-order valence-corrected chi connectivity index (χ4v) is 1.43. The monoisotopic (exact) mass is 191 g/mol. The number of carbonyl (C=O) groups excluding carboxylic acids is 1. The number of carbonyl (C=O) groups is 1. The largest absolute Gasteiger partial charge is 0.371 e. The van der Waals surface area contributed by atoms with Gasteiger partial charge in [-0.15, -0.1) is 0 Å². The van der Waals surface area contributed by atoms with Crippen molar-refractivity contribution in [2.24, 2.45) is 0 Å². The van der Waals surface area contributed by atoms with Gasteiger partial charge in [-0.2, -0.15) is 0 Å². The Morgan fingerprint density at radius 2 is 1.93 bits per heavy atom. The van der Waals surface area contributed by atoms with E-state index in [9.17, 15) is 4.79 Å². The standard InChI is InChI=1S/C12H17NO/c1-3-13(9-4-10-14)12-7-5-11(2)6-8-12/h5-8,10H,3-4,9H2,1-2H3. The molecule has 0 atom stereocenters. The van der Waals surface area contributed by atoms with Gasteiger partial charge in [-0.3, -0.25) is 0 Å². The molecule has 0 saturated heterocycles. The van der Waals surface area contributed by atoms with Crippen LogP contribution in [0, 0.1) is 6.92 Å². The molecule has 0 radical (unpaired) electrons. The lowest BCUT2D eigenvalue weighted by molar-refractivity contribution is -0.107. The van der Waals surface area contributed by atoms with Gasteiger partial charge in [-0.25, -0.2) is 0 Å². The molecule has 0 bridgehead atoms. The summed E-state index contributed by atoms with van der Waals surface area (Å²) in [4.78, 5) is 12.5. The highest BCUT2D eigenvalue weighted by Crippen LogP contribution is 2.14. The Hall–Kier alpha value is -1.31. The smallest absolute Gasteiger partial charge is 0.121 e. The van der Waals surface area contributed by atoms with Crippen LogP contribution in [-0.2, 0) is 4.79 Å². The van der Waals surface area contributed by atoms with Crippen LogP contribution in [0.5, 0.6) is 0 Å².